The zero-order valence-corrected chi connectivity index (χ0v) is 10.3. The minimum absolute atomic E-state index is 0.130. The molecule has 1 aliphatic rings. The average Bonchev–Trinajstić information content (AvgIpc) is 2.01. The monoisotopic (exact) mass is 284 g/mol. The summed E-state index contributed by atoms with van der Waals surface area (Å²) in [4.78, 5) is 0. The molecule has 3 heteroatoms. The summed E-state index contributed by atoms with van der Waals surface area (Å²) in [7, 11) is 0. The van der Waals surface area contributed by atoms with Crippen molar-refractivity contribution in [1.29, 1.82) is 0 Å². The van der Waals surface area contributed by atoms with Crippen LogP contribution >= 0.6 is 22.6 Å². The Morgan fingerprint density at radius 3 is 2.17 bits per heavy atom. The van der Waals surface area contributed by atoms with Crippen LogP contribution in [0.25, 0.3) is 0 Å². The second-order valence-electron chi connectivity index (χ2n) is 4.19. The number of rotatable bonds is 2. The van der Waals surface area contributed by atoms with Crippen LogP contribution in [0.4, 0.5) is 0 Å². The highest BCUT2D eigenvalue weighted by Crippen LogP contribution is 2.37. The highest BCUT2D eigenvalue weighted by molar-refractivity contribution is 14.1. The Hall–Kier alpha value is 0.650. The van der Waals surface area contributed by atoms with Crippen molar-refractivity contribution in [3.8, 4) is 0 Å². The van der Waals surface area contributed by atoms with Crippen LogP contribution in [0.1, 0.15) is 34.1 Å². The van der Waals surface area contributed by atoms with E-state index < -0.39 is 5.79 Å². The Labute approximate surface area is 88.1 Å². The standard InChI is InChI=1S/C9H17IO2/c1-8(2)7(5-6-10)11-9(3,4)12-8/h7H,5-6H2,1-4H3/t7-/m0/s1. The predicted molar refractivity (Wildman–Crippen MR) is 57.6 cm³/mol. The molecule has 0 radical (unpaired) electrons. The predicted octanol–water partition coefficient (Wildman–Crippen LogP) is 2.74. The van der Waals surface area contributed by atoms with Gasteiger partial charge in [-0.3, -0.25) is 0 Å². The van der Waals surface area contributed by atoms with E-state index in [9.17, 15) is 0 Å². The zero-order valence-electron chi connectivity index (χ0n) is 8.19. The zero-order chi connectivity index (χ0) is 9.41. The van der Waals surface area contributed by atoms with Crippen molar-refractivity contribution < 1.29 is 9.47 Å². The van der Waals surface area contributed by atoms with E-state index in [1.807, 2.05) is 13.8 Å². The minimum Gasteiger partial charge on any atom is -0.344 e. The van der Waals surface area contributed by atoms with E-state index >= 15 is 0 Å². The first-order chi connectivity index (χ1) is 5.37. The minimum atomic E-state index is -0.403. The fourth-order valence-corrected chi connectivity index (χ4v) is 2.28. The van der Waals surface area contributed by atoms with Crippen LogP contribution in [0.15, 0.2) is 0 Å². The van der Waals surface area contributed by atoms with Crippen molar-refractivity contribution in [2.45, 2.75) is 51.6 Å². The van der Waals surface area contributed by atoms with Crippen LogP contribution in [0, 0.1) is 0 Å². The first-order valence-corrected chi connectivity index (χ1v) is 5.84. The summed E-state index contributed by atoms with van der Waals surface area (Å²) >= 11 is 2.37. The number of ether oxygens (including phenoxy) is 2. The Kier molecular flexibility index (Phi) is 3.06. The van der Waals surface area contributed by atoms with Gasteiger partial charge in [-0.1, -0.05) is 22.6 Å². The smallest absolute Gasteiger partial charge is 0.164 e. The van der Waals surface area contributed by atoms with Crippen molar-refractivity contribution >= 4 is 22.6 Å². The van der Waals surface area contributed by atoms with Gasteiger partial charge in [-0.25, -0.2) is 0 Å². The van der Waals surface area contributed by atoms with Gasteiger partial charge >= 0.3 is 0 Å². The molecule has 0 saturated carbocycles. The van der Waals surface area contributed by atoms with Crippen molar-refractivity contribution in [3.63, 3.8) is 0 Å². The SMILES string of the molecule is CC1(C)O[C@@H](CCI)C(C)(C)O1. The Balaban J connectivity index is 2.64. The number of hydrogen-bond donors (Lipinski definition) is 0. The maximum absolute atomic E-state index is 5.78. The average molecular weight is 284 g/mol. The molecule has 0 aromatic rings. The van der Waals surface area contributed by atoms with Crippen molar-refractivity contribution in [2.75, 3.05) is 4.43 Å². The molecule has 1 aliphatic heterocycles. The second kappa shape index (κ2) is 3.42. The molecule has 1 saturated heterocycles. The third-order valence-corrected chi connectivity index (χ3v) is 2.70. The molecular weight excluding hydrogens is 267 g/mol. The van der Waals surface area contributed by atoms with Crippen LogP contribution in [-0.4, -0.2) is 21.9 Å². The van der Waals surface area contributed by atoms with Crippen LogP contribution < -0.4 is 0 Å². The van der Waals surface area contributed by atoms with Crippen molar-refractivity contribution in [2.24, 2.45) is 0 Å². The molecule has 0 aromatic heterocycles. The molecular formula is C9H17IO2. The molecule has 0 unspecified atom stereocenters. The molecule has 0 aromatic carbocycles. The number of alkyl halides is 1. The highest BCUT2D eigenvalue weighted by Gasteiger charge is 2.46. The summed E-state index contributed by atoms with van der Waals surface area (Å²) in [6.45, 7) is 8.14. The van der Waals surface area contributed by atoms with E-state index in [4.69, 9.17) is 9.47 Å². The van der Waals surface area contributed by atoms with Gasteiger partial charge in [-0.05, 0) is 34.1 Å². The molecule has 2 nitrogen and oxygen atoms in total. The van der Waals surface area contributed by atoms with Crippen molar-refractivity contribution in [3.05, 3.63) is 0 Å². The summed E-state index contributed by atoms with van der Waals surface area (Å²) in [6, 6.07) is 0. The van der Waals surface area contributed by atoms with Gasteiger partial charge in [0.15, 0.2) is 5.79 Å². The molecule has 0 aliphatic carbocycles. The summed E-state index contributed by atoms with van der Waals surface area (Å²) in [5.41, 5.74) is -0.130. The summed E-state index contributed by atoms with van der Waals surface area (Å²) in [5, 5.41) is 0. The van der Waals surface area contributed by atoms with Crippen LogP contribution in [-0.2, 0) is 9.47 Å². The highest BCUT2D eigenvalue weighted by atomic mass is 127. The molecule has 0 bridgehead atoms. The fraction of sp³-hybridized carbons (Fsp3) is 1.00. The first kappa shape index (κ1) is 10.7. The third-order valence-electron chi connectivity index (χ3n) is 2.08. The lowest BCUT2D eigenvalue weighted by atomic mass is 10.0. The molecule has 1 rings (SSSR count). The molecule has 0 N–H and O–H groups in total. The quantitative estimate of drug-likeness (QED) is 0.573. The van der Waals surface area contributed by atoms with E-state index in [1.165, 1.54) is 0 Å². The lowest BCUT2D eigenvalue weighted by Crippen LogP contribution is -2.33. The first-order valence-electron chi connectivity index (χ1n) is 4.31. The maximum atomic E-state index is 5.78. The lowest BCUT2D eigenvalue weighted by Gasteiger charge is -2.23. The lowest BCUT2D eigenvalue weighted by molar-refractivity contribution is -0.157. The van der Waals surface area contributed by atoms with E-state index in [2.05, 4.69) is 36.4 Å². The second-order valence-corrected chi connectivity index (χ2v) is 5.27. The van der Waals surface area contributed by atoms with Gasteiger partial charge in [0, 0.05) is 4.43 Å². The maximum Gasteiger partial charge on any atom is 0.164 e. The molecule has 0 spiro atoms. The van der Waals surface area contributed by atoms with Crippen LogP contribution in [0.3, 0.4) is 0 Å². The van der Waals surface area contributed by atoms with E-state index in [-0.39, 0.29) is 11.7 Å². The van der Waals surface area contributed by atoms with Gasteiger partial charge in [0.25, 0.3) is 0 Å². The third kappa shape index (κ3) is 2.33. The molecule has 72 valence electrons. The fourth-order valence-electron chi connectivity index (χ4n) is 1.71. The molecule has 1 heterocycles. The molecule has 1 atom stereocenters. The van der Waals surface area contributed by atoms with Gasteiger partial charge in [0.05, 0.1) is 11.7 Å². The topological polar surface area (TPSA) is 18.5 Å². The van der Waals surface area contributed by atoms with Gasteiger partial charge in [-0.2, -0.15) is 0 Å². The van der Waals surface area contributed by atoms with Gasteiger partial charge < -0.3 is 9.47 Å². The largest absolute Gasteiger partial charge is 0.344 e. The molecule has 1 fully saturated rings. The van der Waals surface area contributed by atoms with Gasteiger partial charge in [-0.15, -0.1) is 0 Å². The number of halogens is 1. The van der Waals surface area contributed by atoms with Crippen molar-refractivity contribution in [1.82, 2.24) is 0 Å². The summed E-state index contributed by atoms with van der Waals surface area (Å²) in [5.74, 6) is -0.403. The molecule has 0 amide bonds. The normalized spacial score (nSPS) is 32.2. The van der Waals surface area contributed by atoms with E-state index in [0.717, 1.165) is 10.8 Å². The summed E-state index contributed by atoms with van der Waals surface area (Å²) in [6.07, 6.45) is 1.31. The van der Waals surface area contributed by atoms with Crippen LogP contribution in [0.5, 0.6) is 0 Å². The molecule has 12 heavy (non-hydrogen) atoms. The summed E-state index contributed by atoms with van der Waals surface area (Å²) < 4.78 is 12.7. The van der Waals surface area contributed by atoms with E-state index in [0.29, 0.717) is 0 Å². The van der Waals surface area contributed by atoms with Gasteiger partial charge in [0.1, 0.15) is 0 Å². The Morgan fingerprint density at radius 2 is 1.83 bits per heavy atom. The van der Waals surface area contributed by atoms with Crippen LogP contribution in [0.2, 0.25) is 0 Å². The Morgan fingerprint density at radius 1 is 1.25 bits per heavy atom. The van der Waals surface area contributed by atoms with E-state index in [1.54, 1.807) is 0 Å². The van der Waals surface area contributed by atoms with Gasteiger partial charge in [0.2, 0.25) is 0 Å². The number of hydrogen-bond acceptors (Lipinski definition) is 2. The Bertz CT molecular complexity index is 166.